The minimum atomic E-state index is -0.342. The Hall–Kier alpha value is -3.28. The molecule has 1 unspecified atom stereocenters. The zero-order valence-electron chi connectivity index (χ0n) is 24.5. The van der Waals surface area contributed by atoms with Crippen LogP contribution in [0.5, 0.6) is 0 Å². The number of fused-ring (bicyclic) bond motifs is 1. The van der Waals surface area contributed by atoms with E-state index in [4.69, 9.17) is 10.5 Å². The molecule has 3 aliphatic heterocycles. The number of carbonyl (C=O) groups is 1. The number of amides is 1. The highest BCUT2D eigenvalue weighted by molar-refractivity contribution is 5.79. The highest BCUT2D eigenvalue weighted by Crippen LogP contribution is 2.31. The van der Waals surface area contributed by atoms with Gasteiger partial charge in [-0.2, -0.15) is 0 Å². The van der Waals surface area contributed by atoms with Gasteiger partial charge in [0.25, 0.3) is 0 Å². The van der Waals surface area contributed by atoms with Crippen LogP contribution in [0.1, 0.15) is 50.3 Å². The van der Waals surface area contributed by atoms with Crippen LogP contribution in [-0.2, 0) is 16.1 Å². The standard InChI is InChI=1S/C31H42FN7O3/c1-22(24-4-9-34-29(33)20-24)36-10-5-23(6-11-36)30(40)37-12-7-26(8-13-37)39-27-3-2-25(32)21-28(27)38(31(39)41)15-14-35-16-18-42-19-17-35/h2-4,9,20-23,26H,5-8,10-19H2,1H3,(H2,33,34). The Balaban J connectivity index is 1.08. The SMILES string of the molecule is CC(c1ccnc(N)c1)N1CCC(C(=O)N2CCC(n3c(=O)n(CCN4CCOCC4)c4cc(F)ccc43)CC2)CC1. The molecule has 226 valence electrons. The van der Waals surface area contributed by atoms with Crippen molar-refractivity contribution in [1.82, 2.24) is 28.8 Å². The topological polar surface area (TPSA) is 102 Å². The van der Waals surface area contributed by atoms with Gasteiger partial charge in [0.2, 0.25) is 5.91 Å². The van der Waals surface area contributed by atoms with E-state index in [2.05, 4.69) is 21.7 Å². The molecule has 10 nitrogen and oxygen atoms in total. The highest BCUT2D eigenvalue weighted by Gasteiger charge is 2.33. The summed E-state index contributed by atoms with van der Waals surface area (Å²) in [6.07, 6.45) is 4.85. The Morgan fingerprint density at radius 1 is 1.00 bits per heavy atom. The van der Waals surface area contributed by atoms with Crippen LogP contribution in [0.3, 0.4) is 0 Å². The number of aromatic nitrogens is 3. The smallest absolute Gasteiger partial charge is 0.329 e. The number of ether oxygens (including phenoxy) is 1. The molecule has 1 atom stereocenters. The first-order valence-corrected chi connectivity index (χ1v) is 15.3. The number of benzene rings is 1. The van der Waals surface area contributed by atoms with Crippen molar-refractivity contribution >= 4 is 22.8 Å². The van der Waals surface area contributed by atoms with E-state index in [0.717, 1.165) is 56.6 Å². The molecule has 3 fully saturated rings. The molecule has 2 N–H and O–H groups in total. The number of anilines is 1. The normalized spacial score (nSPS) is 20.8. The first-order valence-electron chi connectivity index (χ1n) is 15.3. The fourth-order valence-corrected chi connectivity index (χ4v) is 6.96. The van der Waals surface area contributed by atoms with Crippen molar-refractivity contribution in [2.75, 3.05) is 64.8 Å². The maximum atomic E-state index is 14.3. The summed E-state index contributed by atoms with van der Waals surface area (Å²) in [4.78, 5) is 38.0. The number of hydrogen-bond donors (Lipinski definition) is 1. The predicted octanol–water partition coefficient (Wildman–Crippen LogP) is 2.89. The molecule has 1 aromatic carbocycles. The largest absolute Gasteiger partial charge is 0.384 e. The van der Waals surface area contributed by atoms with Crippen molar-refractivity contribution in [3.8, 4) is 0 Å². The molecule has 0 aliphatic carbocycles. The summed E-state index contributed by atoms with van der Waals surface area (Å²) in [6, 6.07) is 8.77. The number of hydrogen-bond acceptors (Lipinski definition) is 7. The molecule has 3 saturated heterocycles. The van der Waals surface area contributed by atoms with E-state index in [-0.39, 0.29) is 35.4 Å². The van der Waals surface area contributed by atoms with Crippen molar-refractivity contribution in [2.45, 2.75) is 51.2 Å². The van der Waals surface area contributed by atoms with Gasteiger partial charge in [0.1, 0.15) is 11.6 Å². The molecule has 11 heteroatoms. The summed E-state index contributed by atoms with van der Waals surface area (Å²) in [5, 5.41) is 0. The van der Waals surface area contributed by atoms with E-state index < -0.39 is 0 Å². The van der Waals surface area contributed by atoms with Gasteiger partial charge in [-0.25, -0.2) is 14.2 Å². The van der Waals surface area contributed by atoms with E-state index in [9.17, 15) is 14.0 Å². The number of morpholine rings is 1. The monoisotopic (exact) mass is 579 g/mol. The van der Waals surface area contributed by atoms with Crippen molar-refractivity contribution in [3.05, 3.63) is 58.4 Å². The summed E-state index contributed by atoms with van der Waals surface area (Å²) >= 11 is 0. The van der Waals surface area contributed by atoms with E-state index in [0.29, 0.717) is 57.0 Å². The first-order chi connectivity index (χ1) is 20.4. The number of carbonyl (C=O) groups excluding carboxylic acids is 1. The number of nitrogens with two attached hydrogens (primary N) is 1. The molecule has 0 radical (unpaired) electrons. The van der Waals surface area contributed by atoms with E-state index in [1.165, 1.54) is 12.1 Å². The number of nitrogen functional groups attached to an aromatic ring is 1. The zero-order valence-corrected chi connectivity index (χ0v) is 24.5. The van der Waals surface area contributed by atoms with Crippen molar-refractivity contribution in [3.63, 3.8) is 0 Å². The molecule has 5 heterocycles. The van der Waals surface area contributed by atoms with Gasteiger partial charge in [-0.3, -0.25) is 23.7 Å². The molecule has 0 bridgehead atoms. The highest BCUT2D eigenvalue weighted by atomic mass is 19.1. The van der Waals surface area contributed by atoms with Gasteiger partial charge in [0, 0.05) is 63.5 Å². The average Bonchev–Trinajstić information content (AvgIpc) is 3.29. The van der Waals surface area contributed by atoms with Crippen LogP contribution < -0.4 is 11.4 Å². The molecule has 42 heavy (non-hydrogen) atoms. The minimum absolute atomic E-state index is 0.0188. The summed E-state index contributed by atoms with van der Waals surface area (Å²) in [6.45, 7) is 9.47. The summed E-state index contributed by atoms with van der Waals surface area (Å²) in [5.41, 5.74) is 8.35. The van der Waals surface area contributed by atoms with Gasteiger partial charge in [-0.05, 0) is 81.6 Å². The molecule has 3 aromatic rings. The molecule has 0 spiro atoms. The maximum absolute atomic E-state index is 14.3. The van der Waals surface area contributed by atoms with Crippen molar-refractivity contribution in [1.29, 1.82) is 0 Å². The lowest BCUT2D eigenvalue weighted by Gasteiger charge is -2.39. The summed E-state index contributed by atoms with van der Waals surface area (Å²) in [7, 11) is 0. The van der Waals surface area contributed by atoms with Crippen LogP contribution in [-0.4, -0.2) is 93.8 Å². The molecular weight excluding hydrogens is 537 g/mol. The average molecular weight is 580 g/mol. The third-order valence-electron chi connectivity index (χ3n) is 9.52. The fourth-order valence-electron chi connectivity index (χ4n) is 6.96. The van der Waals surface area contributed by atoms with E-state index >= 15 is 0 Å². The predicted molar refractivity (Wildman–Crippen MR) is 160 cm³/mol. The lowest BCUT2D eigenvalue weighted by Crippen LogP contribution is -2.46. The van der Waals surface area contributed by atoms with Crippen LogP contribution in [0.15, 0.2) is 41.3 Å². The lowest BCUT2D eigenvalue weighted by atomic mass is 9.92. The summed E-state index contributed by atoms with van der Waals surface area (Å²) < 4.78 is 23.3. The molecule has 2 aromatic heterocycles. The maximum Gasteiger partial charge on any atom is 0.329 e. The third kappa shape index (κ3) is 5.95. The number of imidazole rings is 1. The second-order valence-electron chi connectivity index (χ2n) is 11.9. The van der Waals surface area contributed by atoms with Crippen molar-refractivity contribution in [2.24, 2.45) is 5.92 Å². The molecular formula is C31H42FN7O3. The van der Waals surface area contributed by atoms with Crippen LogP contribution >= 0.6 is 0 Å². The molecule has 6 rings (SSSR count). The minimum Gasteiger partial charge on any atom is -0.384 e. The van der Waals surface area contributed by atoms with Gasteiger partial charge in [0.15, 0.2) is 0 Å². The van der Waals surface area contributed by atoms with Crippen LogP contribution in [0.25, 0.3) is 11.0 Å². The Bertz CT molecular complexity index is 1450. The van der Waals surface area contributed by atoms with Crippen LogP contribution in [0.2, 0.25) is 0 Å². The van der Waals surface area contributed by atoms with Crippen LogP contribution in [0.4, 0.5) is 10.2 Å². The number of rotatable bonds is 7. The Kier molecular flexibility index (Phi) is 8.60. The Labute approximate surface area is 245 Å². The molecule has 1 amide bonds. The quantitative estimate of drug-likeness (QED) is 0.459. The molecule has 0 saturated carbocycles. The van der Waals surface area contributed by atoms with Gasteiger partial charge in [-0.1, -0.05) is 0 Å². The third-order valence-corrected chi connectivity index (χ3v) is 9.52. The zero-order chi connectivity index (χ0) is 29.2. The second-order valence-corrected chi connectivity index (χ2v) is 11.9. The van der Waals surface area contributed by atoms with Gasteiger partial charge < -0.3 is 15.4 Å². The van der Waals surface area contributed by atoms with E-state index in [1.54, 1.807) is 16.8 Å². The number of halogens is 1. The second kappa shape index (κ2) is 12.5. The molecule has 3 aliphatic rings. The summed E-state index contributed by atoms with van der Waals surface area (Å²) in [5.74, 6) is 0.446. The Morgan fingerprint density at radius 2 is 1.74 bits per heavy atom. The fraction of sp³-hybridized carbons (Fsp3) is 0.581. The van der Waals surface area contributed by atoms with E-state index in [1.807, 2.05) is 21.6 Å². The van der Waals surface area contributed by atoms with Crippen LogP contribution in [0, 0.1) is 11.7 Å². The Morgan fingerprint density at radius 3 is 2.45 bits per heavy atom. The number of pyridine rings is 1. The number of likely N-dealkylation sites (tertiary alicyclic amines) is 2. The first kappa shape index (κ1) is 28.8. The van der Waals surface area contributed by atoms with Gasteiger partial charge in [0.05, 0.1) is 24.2 Å². The van der Waals surface area contributed by atoms with Crippen molar-refractivity contribution < 1.29 is 13.9 Å². The lowest BCUT2D eigenvalue weighted by molar-refractivity contribution is -0.138. The number of piperidine rings is 2. The van der Waals surface area contributed by atoms with Gasteiger partial charge in [-0.15, -0.1) is 0 Å². The number of nitrogens with zero attached hydrogens (tertiary/aromatic N) is 6. The van der Waals surface area contributed by atoms with Gasteiger partial charge >= 0.3 is 5.69 Å².